The third kappa shape index (κ3) is 5.54. The van der Waals surface area contributed by atoms with E-state index in [1.54, 1.807) is 26.8 Å². The molecule has 0 fully saturated rings. The Hall–Kier alpha value is -2.08. The minimum atomic E-state index is -0.799. The average Bonchev–Trinajstić information content (AvgIpc) is 2.66. The summed E-state index contributed by atoms with van der Waals surface area (Å²) in [6.07, 6.45) is -0.799. The van der Waals surface area contributed by atoms with Crippen LogP contribution in [-0.2, 0) is 19.4 Å². The van der Waals surface area contributed by atoms with Gasteiger partial charge in [-0.2, -0.15) is 5.10 Å². The lowest BCUT2D eigenvalue weighted by Crippen LogP contribution is -2.40. The first-order valence-electron chi connectivity index (χ1n) is 10.3. The summed E-state index contributed by atoms with van der Waals surface area (Å²) in [6.45, 7) is 13.6. The molecule has 0 saturated heterocycles. The van der Waals surface area contributed by atoms with E-state index < -0.39 is 42.6 Å². The Morgan fingerprint density at radius 3 is 2.03 bits per heavy atom. The maximum atomic E-state index is 12.3. The lowest BCUT2D eigenvalue weighted by molar-refractivity contribution is -0.156. The zero-order chi connectivity index (χ0) is 22.5. The molecule has 1 aromatic carbocycles. The Labute approximate surface area is 182 Å². The molecule has 2 aromatic rings. The molecule has 1 heterocycles. The van der Waals surface area contributed by atoms with Crippen molar-refractivity contribution in [2.45, 2.75) is 59.1 Å². The van der Waals surface area contributed by atoms with Gasteiger partial charge >= 0.3 is 6.09 Å². The summed E-state index contributed by atoms with van der Waals surface area (Å²) in [6, 6.07) is 10.6. The summed E-state index contributed by atoms with van der Waals surface area (Å²) in [5.74, 6) is -0.557. The highest BCUT2D eigenvalue weighted by atomic mass is 28.2. The Bertz CT molecular complexity index is 914. The highest BCUT2D eigenvalue weighted by Gasteiger charge is 2.36. The fourth-order valence-electron chi connectivity index (χ4n) is 3.18. The first-order valence-corrected chi connectivity index (χ1v) is 14.2. The number of nitrogens with zero attached hydrogens (tertiary/aromatic N) is 2. The molecule has 7 nitrogen and oxygen atoms in total. The molecule has 0 aliphatic carbocycles. The molecule has 2 rings (SSSR count). The van der Waals surface area contributed by atoms with Gasteiger partial charge in [0.25, 0.3) is 5.56 Å². The third-order valence-electron chi connectivity index (χ3n) is 4.43. The molecule has 0 aliphatic heterocycles. The quantitative estimate of drug-likeness (QED) is 0.479. The first kappa shape index (κ1) is 24.2. The largest absolute Gasteiger partial charge is 0.442 e. The van der Waals surface area contributed by atoms with E-state index in [0.717, 1.165) is 15.8 Å². The molecule has 30 heavy (non-hydrogen) atoms. The zero-order valence-corrected chi connectivity index (χ0v) is 21.7. The summed E-state index contributed by atoms with van der Waals surface area (Å²) >= 11 is 0. The summed E-state index contributed by atoms with van der Waals surface area (Å²) in [5.41, 5.74) is 0.979. The van der Waals surface area contributed by atoms with Gasteiger partial charge in [-0.1, -0.05) is 51.2 Å². The van der Waals surface area contributed by atoms with Crippen LogP contribution in [0.15, 0.2) is 41.2 Å². The number of benzene rings is 1. The van der Waals surface area contributed by atoms with Crippen LogP contribution < -0.4 is 5.56 Å². The van der Waals surface area contributed by atoms with Gasteiger partial charge in [0.2, 0.25) is 0 Å². The van der Waals surface area contributed by atoms with Crippen LogP contribution in [0.4, 0.5) is 4.79 Å². The van der Waals surface area contributed by atoms with Crippen molar-refractivity contribution in [3.63, 3.8) is 0 Å². The highest BCUT2D eigenvalue weighted by Crippen LogP contribution is 2.35. The van der Waals surface area contributed by atoms with Crippen LogP contribution >= 0.6 is 0 Å². The molecule has 0 saturated carbocycles. The average molecular weight is 449 g/mol. The molecule has 0 bridgehead atoms. The first-order chi connectivity index (χ1) is 14.0. The zero-order valence-electron chi connectivity index (χ0n) is 18.9. The van der Waals surface area contributed by atoms with Gasteiger partial charge in [-0.25, -0.2) is 4.79 Å². The topological polar surface area (TPSA) is 79.7 Å². The van der Waals surface area contributed by atoms with Crippen molar-refractivity contribution in [1.82, 2.24) is 9.78 Å². The molecule has 0 radical (unpaired) electrons. The maximum absolute atomic E-state index is 12.3. The standard InChI is InChI=1S/C21H32N2O5Si2/c1-14(2)21(27-29-6,28-30-7)16-10-8-15(9-11-16)17-12-13-18(24)23(22-17)19(25)26-20(3,4)5/h8-14H,29-30H2,1-7H3. The van der Waals surface area contributed by atoms with Crippen LogP contribution in [0.25, 0.3) is 11.3 Å². The Kier molecular flexibility index (Phi) is 7.92. The number of hydrogen-bond acceptors (Lipinski definition) is 6. The molecule has 0 unspecified atom stereocenters. The summed E-state index contributed by atoms with van der Waals surface area (Å²) < 4.78 is 18.4. The fraction of sp³-hybridized carbons (Fsp3) is 0.476. The number of carbonyl (C=O) groups excluding carboxylic acids is 1. The molecule has 0 amide bonds. The third-order valence-corrected chi connectivity index (χ3v) is 5.86. The molecular formula is C21H32N2O5Si2. The maximum Gasteiger partial charge on any atom is 0.438 e. The van der Waals surface area contributed by atoms with Crippen molar-refractivity contribution in [3.8, 4) is 11.3 Å². The van der Waals surface area contributed by atoms with Crippen molar-refractivity contribution in [2.24, 2.45) is 5.92 Å². The Balaban J connectivity index is 2.42. The van der Waals surface area contributed by atoms with Gasteiger partial charge in [0, 0.05) is 23.1 Å². The molecule has 0 N–H and O–H groups in total. The number of rotatable bonds is 7. The van der Waals surface area contributed by atoms with Crippen molar-refractivity contribution in [1.29, 1.82) is 0 Å². The molecule has 0 atom stereocenters. The van der Waals surface area contributed by atoms with Gasteiger partial charge in [0.15, 0.2) is 25.3 Å². The van der Waals surface area contributed by atoms with Gasteiger partial charge in [0.1, 0.15) is 5.60 Å². The molecule has 0 spiro atoms. The summed E-state index contributed by atoms with van der Waals surface area (Å²) in [4.78, 5) is 24.4. The SMILES string of the molecule is C[SiH2]OC(O[SiH2]C)(c1ccc(-c2ccc(=O)n(C(=O)OC(C)(C)C)n2)cc1)C(C)C. The van der Waals surface area contributed by atoms with Gasteiger partial charge in [0.05, 0.1) is 5.69 Å². The van der Waals surface area contributed by atoms with Crippen LogP contribution in [-0.4, -0.2) is 41.0 Å². The second-order valence-electron chi connectivity index (χ2n) is 8.21. The molecular weight excluding hydrogens is 416 g/mol. The van der Waals surface area contributed by atoms with Crippen molar-refractivity contribution in [2.75, 3.05) is 0 Å². The van der Waals surface area contributed by atoms with Crippen LogP contribution in [0.3, 0.4) is 0 Å². The van der Waals surface area contributed by atoms with Crippen LogP contribution in [0, 0.1) is 5.92 Å². The predicted molar refractivity (Wildman–Crippen MR) is 123 cm³/mol. The van der Waals surface area contributed by atoms with Crippen LogP contribution in [0.2, 0.25) is 13.1 Å². The fourth-order valence-corrected chi connectivity index (χ4v) is 5.37. The van der Waals surface area contributed by atoms with Crippen LogP contribution in [0.5, 0.6) is 0 Å². The van der Waals surface area contributed by atoms with E-state index in [1.807, 2.05) is 24.3 Å². The normalized spacial score (nSPS) is 14.7. The van der Waals surface area contributed by atoms with Crippen molar-refractivity contribution >= 4 is 25.6 Å². The van der Waals surface area contributed by atoms with E-state index in [2.05, 4.69) is 32.0 Å². The minimum Gasteiger partial charge on any atom is -0.442 e. The van der Waals surface area contributed by atoms with Gasteiger partial charge in [-0.05, 0) is 26.8 Å². The van der Waals surface area contributed by atoms with E-state index in [-0.39, 0.29) is 5.92 Å². The summed E-state index contributed by atoms with van der Waals surface area (Å²) in [5, 5.41) is 4.21. The molecule has 1 aromatic heterocycles. The van der Waals surface area contributed by atoms with Gasteiger partial charge in [-0.15, -0.1) is 4.68 Å². The monoisotopic (exact) mass is 448 g/mol. The Morgan fingerprint density at radius 1 is 1.00 bits per heavy atom. The van der Waals surface area contributed by atoms with E-state index in [9.17, 15) is 9.59 Å². The molecule has 9 heteroatoms. The van der Waals surface area contributed by atoms with E-state index in [4.69, 9.17) is 13.6 Å². The van der Waals surface area contributed by atoms with Gasteiger partial charge in [-0.3, -0.25) is 4.79 Å². The smallest absolute Gasteiger partial charge is 0.438 e. The summed E-state index contributed by atoms with van der Waals surface area (Å²) in [7, 11) is -1.39. The van der Waals surface area contributed by atoms with Crippen molar-refractivity contribution < 1.29 is 18.4 Å². The number of aromatic nitrogens is 2. The van der Waals surface area contributed by atoms with E-state index >= 15 is 0 Å². The molecule has 0 aliphatic rings. The van der Waals surface area contributed by atoms with Crippen molar-refractivity contribution in [3.05, 3.63) is 52.3 Å². The predicted octanol–water partition coefficient (Wildman–Crippen LogP) is 2.80. The minimum absolute atomic E-state index is 0.162. The number of ether oxygens (including phenoxy) is 1. The highest BCUT2D eigenvalue weighted by molar-refractivity contribution is 6.26. The number of hydrogen-bond donors (Lipinski definition) is 0. The second-order valence-corrected chi connectivity index (χ2v) is 9.95. The number of carbonyl (C=O) groups is 1. The lowest BCUT2D eigenvalue weighted by atomic mass is 9.94. The van der Waals surface area contributed by atoms with Gasteiger partial charge < -0.3 is 13.6 Å². The lowest BCUT2D eigenvalue weighted by Gasteiger charge is -2.38. The van der Waals surface area contributed by atoms with E-state index in [1.165, 1.54) is 6.07 Å². The van der Waals surface area contributed by atoms with E-state index in [0.29, 0.717) is 5.69 Å². The molecule has 164 valence electrons. The Morgan fingerprint density at radius 2 is 1.57 bits per heavy atom. The second kappa shape index (κ2) is 9.82. The van der Waals surface area contributed by atoms with Crippen LogP contribution in [0.1, 0.15) is 40.2 Å².